The average Bonchev–Trinajstić information content (AvgIpc) is 2.29. The van der Waals surface area contributed by atoms with E-state index in [1.54, 1.807) is 12.4 Å². The van der Waals surface area contributed by atoms with Crippen LogP contribution in [-0.2, 0) is 9.59 Å². The second-order valence-electron chi connectivity index (χ2n) is 4.39. The molecular weight excluding hydrogens is 202 g/mol. The van der Waals surface area contributed by atoms with Gasteiger partial charge < -0.3 is 0 Å². The minimum absolute atomic E-state index is 0.0122. The lowest BCUT2D eigenvalue weighted by Crippen LogP contribution is -2.28. The Morgan fingerprint density at radius 1 is 1.31 bits per heavy atom. The lowest BCUT2D eigenvalue weighted by atomic mass is 9.77. The van der Waals surface area contributed by atoms with Gasteiger partial charge in [-0.05, 0) is 43.4 Å². The van der Waals surface area contributed by atoms with Gasteiger partial charge in [-0.1, -0.05) is 0 Å². The van der Waals surface area contributed by atoms with Crippen molar-refractivity contribution in [1.82, 2.24) is 4.98 Å². The van der Waals surface area contributed by atoms with Crippen molar-refractivity contribution in [2.75, 3.05) is 0 Å². The first-order chi connectivity index (χ1) is 7.68. The van der Waals surface area contributed by atoms with Crippen molar-refractivity contribution in [3.05, 3.63) is 30.1 Å². The molecule has 2 atom stereocenters. The van der Waals surface area contributed by atoms with E-state index in [4.69, 9.17) is 0 Å². The number of pyridine rings is 1. The van der Waals surface area contributed by atoms with Crippen LogP contribution in [0, 0.1) is 5.92 Å². The summed E-state index contributed by atoms with van der Waals surface area (Å²) >= 11 is 0. The molecule has 1 saturated carbocycles. The number of hydrogen-bond donors (Lipinski definition) is 0. The van der Waals surface area contributed by atoms with E-state index in [0.717, 1.165) is 12.0 Å². The normalized spacial score (nSPS) is 25.4. The first kappa shape index (κ1) is 11.0. The van der Waals surface area contributed by atoms with Crippen LogP contribution in [0.3, 0.4) is 0 Å². The monoisotopic (exact) mass is 217 g/mol. The first-order valence-corrected chi connectivity index (χ1v) is 5.61. The zero-order chi connectivity index (χ0) is 11.5. The van der Waals surface area contributed by atoms with Crippen molar-refractivity contribution in [3.63, 3.8) is 0 Å². The number of carbonyl (C=O) groups is 2. The molecule has 0 amide bonds. The van der Waals surface area contributed by atoms with Gasteiger partial charge in [0.05, 0.1) is 5.92 Å². The summed E-state index contributed by atoms with van der Waals surface area (Å²) in [5, 5.41) is 0. The Kier molecular flexibility index (Phi) is 3.13. The highest BCUT2D eigenvalue weighted by Crippen LogP contribution is 2.33. The predicted molar refractivity (Wildman–Crippen MR) is 60.0 cm³/mol. The largest absolute Gasteiger partial charge is 0.299 e. The van der Waals surface area contributed by atoms with E-state index in [-0.39, 0.29) is 23.4 Å². The van der Waals surface area contributed by atoms with Crippen LogP contribution in [0.15, 0.2) is 24.5 Å². The summed E-state index contributed by atoms with van der Waals surface area (Å²) in [6, 6.07) is 3.90. The molecule has 1 aromatic rings. The maximum atomic E-state index is 11.8. The Labute approximate surface area is 94.9 Å². The van der Waals surface area contributed by atoms with Crippen LogP contribution in [0.4, 0.5) is 0 Å². The van der Waals surface area contributed by atoms with Gasteiger partial charge in [0.2, 0.25) is 0 Å². The van der Waals surface area contributed by atoms with E-state index in [2.05, 4.69) is 4.98 Å². The quantitative estimate of drug-likeness (QED) is 0.713. The molecule has 1 aliphatic carbocycles. The van der Waals surface area contributed by atoms with Gasteiger partial charge in [-0.3, -0.25) is 14.6 Å². The summed E-state index contributed by atoms with van der Waals surface area (Å²) in [6.07, 6.45) is 5.60. The minimum atomic E-state index is -0.349. The van der Waals surface area contributed by atoms with E-state index in [0.29, 0.717) is 12.8 Å². The smallest absolute Gasteiger partial charge is 0.143 e. The fourth-order valence-electron chi connectivity index (χ4n) is 2.37. The third-order valence-corrected chi connectivity index (χ3v) is 3.31. The summed E-state index contributed by atoms with van der Waals surface area (Å²) in [5.41, 5.74) is 1.16. The van der Waals surface area contributed by atoms with Crippen LogP contribution in [0.5, 0.6) is 0 Å². The van der Waals surface area contributed by atoms with Crippen molar-refractivity contribution in [2.45, 2.75) is 32.1 Å². The second-order valence-corrected chi connectivity index (χ2v) is 4.39. The molecule has 3 nitrogen and oxygen atoms in total. The second kappa shape index (κ2) is 4.56. The Morgan fingerprint density at radius 3 is 2.56 bits per heavy atom. The van der Waals surface area contributed by atoms with Crippen molar-refractivity contribution in [1.29, 1.82) is 0 Å². The number of Topliss-reactive ketones (excluding diaryl/α,β-unsaturated/α-hetero) is 2. The molecule has 0 spiro atoms. The number of ketones is 2. The number of carbonyl (C=O) groups excluding carboxylic acids is 2. The first-order valence-electron chi connectivity index (χ1n) is 5.61. The van der Waals surface area contributed by atoms with E-state index < -0.39 is 0 Å². The molecule has 0 aromatic carbocycles. The van der Waals surface area contributed by atoms with Crippen LogP contribution in [0.1, 0.15) is 37.7 Å². The molecule has 0 radical (unpaired) electrons. The average molecular weight is 217 g/mol. The van der Waals surface area contributed by atoms with Gasteiger partial charge in [-0.2, -0.15) is 0 Å². The van der Waals surface area contributed by atoms with Gasteiger partial charge in [-0.25, -0.2) is 0 Å². The molecule has 2 rings (SSSR count). The number of aromatic nitrogens is 1. The van der Waals surface area contributed by atoms with Crippen molar-refractivity contribution >= 4 is 11.6 Å². The molecule has 1 fully saturated rings. The van der Waals surface area contributed by atoms with Gasteiger partial charge >= 0.3 is 0 Å². The number of rotatable bonds is 2. The van der Waals surface area contributed by atoms with Gasteiger partial charge in [-0.15, -0.1) is 0 Å². The van der Waals surface area contributed by atoms with Crippen LogP contribution < -0.4 is 0 Å². The summed E-state index contributed by atoms with van der Waals surface area (Å²) < 4.78 is 0. The van der Waals surface area contributed by atoms with Crippen molar-refractivity contribution < 1.29 is 9.59 Å². The molecule has 84 valence electrons. The minimum Gasteiger partial charge on any atom is -0.299 e. The highest BCUT2D eigenvalue weighted by atomic mass is 16.1. The molecule has 0 bridgehead atoms. The molecule has 0 N–H and O–H groups in total. The topological polar surface area (TPSA) is 47.0 Å². The zero-order valence-electron chi connectivity index (χ0n) is 9.35. The van der Waals surface area contributed by atoms with E-state index in [1.807, 2.05) is 12.1 Å². The Morgan fingerprint density at radius 2 is 2.00 bits per heavy atom. The maximum Gasteiger partial charge on any atom is 0.143 e. The third kappa shape index (κ3) is 2.18. The highest BCUT2D eigenvalue weighted by Gasteiger charge is 2.31. The van der Waals surface area contributed by atoms with Gasteiger partial charge in [0.25, 0.3) is 0 Å². The van der Waals surface area contributed by atoms with E-state index in [9.17, 15) is 9.59 Å². The van der Waals surface area contributed by atoms with Gasteiger partial charge in [0, 0.05) is 18.8 Å². The molecule has 0 unspecified atom stereocenters. The maximum absolute atomic E-state index is 11.8. The van der Waals surface area contributed by atoms with Crippen molar-refractivity contribution in [2.24, 2.45) is 5.92 Å². The molecule has 16 heavy (non-hydrogen) atoms. The van der Waals surface area contributed by atoms with Crippen LogP contribution >= 0.6 is 0 Å². The van der Waals surface area contributed by atoms with Crippen LogP contribution in [-0.4, -0.2) is 16.6 Å². The Balaban J connectivity index is 2.08. The SMILES string of the molecule is CC(=O)[C@@H]1CC[C@H](c2ccncc2)CC1=O. The van der Waals surface area contributed by atoms with E-state index >= 15 is 0 Å². The summed E-state index contributed by atoms with van der Waals surface area (Å²) in [7, 11) is 0. The van der Waals surface area contributed by atoms with Gasteiger partial charge in [0.1, 0.15) is 11.6 Å². The van der Waals surface area contributed by atoms with Crippen molar-refractivity contribution in [3.8, 4) is 0 Å². The molecule has 1 aliphatic rings. The fraction of sp³-hybridized carbons (Fsp3) is 0.462. The molecule has 1 heterocycles. The molecule has 0 aliphatic heterocycles. The predicted octanol–water partition coefficient (Wildman–Crippen LogP) is 2.12. The lowest BCUT2D eigenvalue weighted by molar-refractivity contribution is -0.133. The summed E-state index contributed by atoms with van der Waals surface area (Å²) in [5.74, 6) is 0.0305. The number of nitrogens with zero attached hydrogens (tertiary/aromatic N) is 1. The summed E-state index contributed by atoms with van der Waals surface area (Å²) in [4.78, 5) is 27.0. The van der Waals surface area contributed by atoms with Crippen LogP contribution in [0.25, 0.3) is 0 Å². The molecule has 3 heteroatoms. The summed E-state index contributed by atoms with van der Waals surface area (Å²) in [6.45, 7) is 1.51. The molecule has 1 aromatic heterocycles. The zero-order valence-corrected chi connectivity index (χ0v) is 9.35. The number of hydrogen-bond acceptors (Lipinski definition) is 3. The lowest BCUT2D eigenvalue weighted by Gasteiger charge is -2.26. The Hall–Kier alpha value is -1.51. The van der Waals surface area contributed by atoms with Crippen LogP contribution in [0.2, 0.25) is 0 Å². The Bertz CT molecular complexity index is 400. The highest BCUT2D eigenvalue weighted by molar-refractivity contribution is 6.02. The molecule has 0 saturated heterocycles. The third-order valence-electron chi connectivity index (χ3n) is 3.31. The molecular formula is C13H15NO2. The van der Waals surface area contributed by atoms with Gasteiger partial charge in [0.15, 0.2) is 0 Å². The standard InChI is InChI=1S/C13H15NO2/c1-9(15)12-3-2-11(8-13(12)16)10-4-6-14-7-5-10/h4-7,11-12H,2-3,8H2,1H3/t11-,12-/m0/s1. The fourth-order valence-corrected chi connectivity index (χ4v) is 2.37. The van der Waals surface area contributed by atoms with E-state index in [1.165, 1.54) is 6.92 Å².